The van der Waals surface area contributed by atoms with E-state index in [1.807, 2.05) is 48.5 Å². The molecule has 3 aliphatic carbocycles. The van der Waals surface area contributed by atoms with E-state index in [9.17, 15) is 20.1 Å². The average Bonchev–Trinajstić information content (AvgIpc) is 3.49. The first-order chi connectivity index (χ1) is 21.0. The molecule has 0 fully saturated rings. The summed E-state index contributed by atoms with van der Waals surface area (Å²) < 4.78 is 0. The minimum absolute atomic E-state index is 0.304. The summed E-state index contributed by atoms with van der Waals surface area (Å²) in [6.45, 7) is 9.25. The van der Waals surface area contributed by atoms with Gasteiger partial charge in [0.2, 0.25) is 0 Å². The van der Waals surface area contributed by atoms with Gasteiger partial charge in [0.25, 0.3) is 0 Å². The van der Waals surface area contributed by atoms with Crippen LogP contribution in [0.1, 0.15) is 49.9 Å². The zero-order valence-corrected chi connectivity index (χ0v) is 25.0. The maximum absolute atomic E-state index is 10.1. The molecular weight excluding hydrogens is 542 g/mol. The summed E-state index contributed by atoms with van der Waals surface area (Å²) in [5, 5.41) is 44.7. The van der Waals surface area contributed by atoms with Crippen LogP contribution >= 0.6 is 0 Å². The molecule has 3 aliphatic rings. The molecule has 0 bridgehead atoms. The molecule has 0 amide bonds. The van der Waals surface area contributed by atoms with Crippen LogP contribution in [0.5, 0.6) is 0 Å². The number of hydrogen-bond donors (Lipinski definition) is 4. The highest BCUT2D eigenvalue weighted by Gasteiger charge is 2.44. The van der Waals surface area contributed by atoms with Crippen molar-refractivity contribution >= 4 is 46.7 Å². The van der Waals surface area contributed by atoms with Crippen molar-refractivity contribution in [2.24, 2.45) is 0 Å². The predicted molar refractivity (Wildman–Crippen MR) is 181 cm³/mol. The van der Waals surface area contributed by atoms with Gasteiger partial charge in [-0.3, -0.25) is 0 Å². The van der Waals surface area contributed by atoms with E-state index < -0.39 is 14.2 Å². The van der Waals surface area contributed by atoms with Crippen LogP contribution in [0.15, 0.2) is 84.9 Å². The van der Waals surface area contributed by atoms with Crippen molar-refractivity contribution in [3.63, 3.8) is 0 Å². The van der Waals surface area contributed by atoms with Gasteiger partial charge in [0.1, 0.15) is 0 Å². The molecule has 4 N–H and O–H groups in total. The molecule has 4 nitrogen and oxygen atoms in total. The van der Waals surface area contributed by atoms with E-state index in [4.69, 9.17) is 0 Å². The summed E-state index contributed by atoms with van der Waals surface area (Å²) in [7, 11) is -3.06. The second-order valence-electron chi connectivity index (χ2n) is 13.8. The summed E-state index contributed by atoms with van der Waals surface area (Å²) in [5.41, 5.74) is 14.6. The molecule has 212 valence electrons. The van der Waals surface area contributed by atoms with Gasteiger partial charge in [-0.05, 0) is 123 Å². The monoisotopic (exact) mass is 572 g/mol. The topological polar surface area (TPSA) is 80.9 Å². The summed E-state index contributed by atoms with van der Waals surface area (Å²) in [6, 6.07) is 29.6. The number of benzene rings is 6. The summed E-state index contributed by atoms with van der Waals surface area (Å²) >= 11 is 0. The van der Waals surface area contributed by atoms with E-state index in [1.165, 1.54) is 44.5 Å². The molecule has 0 heterocycles. The molecule has 0 aliphatic heterocycles. The summed E-state index contributed by atoms with van der Waals surface area (Å²) in [4.78, 5) is 0. The van der Waals surface area contributed by atoms with Crippen molar-refractivity contribution in [1.29, 1.82) is 0 Å². The standard InChI is InChI=1S/C38H30B2O4/c1-37(2)31-15-25-23-9-5-7-19-11-22(40(43)44)14-30(35(19)23)28(25)18-34(31)38(3,4)32-16-26-24-10-6-8-20-12-21(39(41)42)13-29(36(20)24)27(26)17-33(32)37/h5-18,41-44H,1-4H3. The first-order valence-corrected chi connectivity index (χ1v) is 15.2. The minimum Gasteiger partial charge on any atom is -0.423 e. The van der Waals surface area contributed by atoms with Crippen molar-refractivity contribution in [3.8, 4) is 44.5 Å². The maximum Gasteiger partial charge on any atom is 0.488 e. The van der Waals surface area contributed by atoms with Gasteiger partial charge < -0.3 is 20.1 Å². The molecule has 0 saturated heterocycles. The molecule has 6 aromatic rings. The van der Waals surface area contributed by atoms with Crippen LogP contribution in [0.3, 0.4) is 0 Å². The van der Waals surface area contributed by atoms with Crippen LogP contribution in [-0.4, -0.2) is 34.3 Å². The van der Waals surface area contributed by atoms with Crippen LogP contribution < -0.4 is 10.9 Å². The highest BCUT2D eigenvalue weighted by atomic mass is 16.4. The lowest BCUT2D eigenvalue weighted by atomic mass is 9.59. The van der Waals surface area contributed by atoms with Crippen LogP contribution in [0.25, 0.3) is 66.1 Å². The van der Waals surface area contributed by atoms with E-state index in [1.54, 1.807) is 0 Å². The Balaban J connectivity index is 1.31. The van der Waals surface area contributed by atoms with Crippen LogP contribution in [0.4, 0.5) is 0 Å². The predicted octanol–water partition coefficient (Wildman–Crippen LogP) is 5.61. The van der Waals surface area contributed by atoms with Crippen molar-refractivity contribution in [2.75, 3.05) is 0 Å². The Hall–Kier alpha value is -4.19. The number of hydrogen-bond acceptors (Lipinski definition) is 4. The van der Waals surface area contributed by atoms with Crippen LogP contribution in [-0.2, 0) is 10.8 Å². The zero-order valence-electron chi connectivity index (χ0n) is 25.0. The number of fused-ring (bicyclic) bond motifs is 8. The summed E-state index contributed by atoms with van der Waals surface area (Å²) in [6.07, 6.45) is 0. The van der Waals surface area contributed by atoms with Crippen molar-refractivity contribution in [3.05, 3.63) is 107 Å². The quantitative estimate of drug-likeness (QED) is 0.203. The second-order valence-corrected chi connectivity index (χ2v) is 13.8. The fourth-order valence-corrected chi connectivity index (χ4v) is 8.52. The molecule has 9 rings (SSSR count). The lowest BCUT2D eigenvalue weighted by molar-refractivity contribution is 0.424. The fraction of sp³-hybridized carbons (Fsp3) is 0.158. The van der Waals surface area contributed by atoms with Crippen molar-refractivity contribution < 1.29 is 20.1 Å². The average molecular weight is 572 g/mol. The Morgan fingerprint density at radius 3 is 1.09 bits per heavy atom. The molecule has 0 radical (unpaired) electrons. The fourth-order valence-electron chi connectivity index (χ4n) is 8.52. The van der Waals surface area contributed by atoms with Gasteiger partial charge in [-0.2, -0.15) is 0 Å². The second kappa shape index (κ2) is 8.29. The normalized spacial score (nSPS) is 15.6. The molecule has 6 heteroatoms. The van der Waals surface area contributed by atoms with Gasteiger partial charge in [-0.15, -0.1) is 0 Å². The molecule has 0 spiro atoms. The van der Waals surface area contributed by atoms with E-state index in [0.717, 1.165) is 43.8 Å². The lowest BCUT2D eigenvalue weighted by Crippen LogP contribution is -2.36. The Morgan fingerprint density at radius 1 is 0.409 bits per heavy atom. The molecule has 0 unspecified atom stereocenters. The molecule has 44 heavy (non-hydrogen) atoms. The molecule has 0 aromatic heterocycles. The van der Waals surface area contributed by atoms with Gasteiger partial charge in [0.15, 0.2) is 0 Å². The van der Waals surface area contributed by atoms with Crippen molar-refractivity contribution in [1.82, 2.24) is 0 Å². The smallest absolute Gasteiger partial charge is 0.423 e. The highest BCUT2D eigenvalue weighted by molar-refractivity contribution is 6.59. The van der Waals surface area contributed by atoms with Crippen molar-refractivity contribution in [2.45, 2.75) is 38.5 Å². The SMILES string of the molecule is CC1(C)c2cc3c(cc2C(C)(C)c2cc4c(cc21)-c1cc(B(O)O)cc2cccc-4c12)-c1cc(B(O)O)cc2cccc-3c12. The van der Waals surface area contributed by atoms with E-state index in [2.05, 4.69) is 64.1 Å². The Labute approximate surface area is 256 Å². The van der Waals surface area contributed by atoms with E-state index in [0.29, 0.717) is 10.9 Å². The van der Waals surface area contributed by atoms with E-state index in [-0.39, 0.29) is 10.8 Å². The summed E-state index contributed by atoms with van der Waals surface area (Å²) in [5.74, 6) is 0. The Bertz CT molecular complexity index is 2140. The minimum atomic E-state index is -1.53. The lowest BCUT2D eigenvalue weighted by Gasteiger charge is -2.44. The maximum atomic E-state index is 10.1. The zero-order chi connectivity index (χ0) is 30.4. The van der Waals surface area contributed by atoms with Gasteiger partial charge in [0.05, 0.1) is 0 Å². The third-order valence-electron chi connectivity index (χ3n) is 10.8. The first kappa shape index (κ1) is 26.2. The van der Waals surface area contributed by atoms with Gasteiger partial charge in [0, 0.05) is 10.8 Å². The van der Waals surface area contributed by atoms with Crippen LogP contribution in [0, 0.1) is 0 Å². The number of rotatable bonds is 2. The van der Waals surface area contributed by atoms with Gasteiger partial charge in [-0.1, -0.05) is 88.4 Å². The molecule has 0 saturated carbocycles. The first-order valence-electron chi connectivity index (χ1n) is 15.2. The van der Waals surface area contributed by atoms with Gasteiger partial charge in [-0.25, -0.2) is 0 Å². The third kappa shape index (κ3) is 3.14. The van der Waals surface area contributed by atoms with Crippen LogP contribution in [0.2, 0.25) is 0 Å². The Morgan fingerprint density at radius 2 is 0.750 bits per heavy atom. The third-order valence-corrected chi connectivity index (χ3v) is 10.8. The molecular formula is C38H30B2O4. The molecule has 0 atom stereocenters. The highest BCUT2D eigenvalue weighted by Crippen LogP contribution is 2.58. The van der Waals surface area contributed by atoms with Gasteiger partial charge >= 0.3 is 14.2 Å². The van der Waals surface area contributed by atoms with E-state index >= 15 is 0 Å². The largest absolute Gasteiger partial charge is 0.488 e. The molecule has 6 aromatic carbocycles. The Kier molecular flexibility index (Phi) is 4.94.